The lowest BCUT2D eigenvalue weighted by atomic mass is 10.1. The number of hydrogen-bond acceptors (Lipinski definition) is 3. The number of oxime groups is 1. The molecule has 0 aliphatic heterocycles. The van der Waals surface area contributed by atoms with Gasteiger partial charge in [0.05, 0.1) is 11.8 Å². The van der Waals surface area contributed by atoms with Crippen molar-refractivity contribution in [3.05, 3.63) is 29.6 Å². The van der Waals surface area contributed by atoms with Gasteiger partial charge in [0.15, 0.2) is 0 Å². The van der Waals surface area contributed by atoms with Crippen molar-refractivity contribution < 1.29 is 14.0 Å². The number of benzene rings is 1. The molecule has 1 aromatic rings. The van der Waals surface area contributed by atoms with Crippen LogP contribution in [0.1, 0.15) is 32.8 Å². The Balaban J connectivity index is 2.90. The van der Waals surface area contributed by atoms with E-state index in [1.54, 1.807) is 19.1 Å². The highest BCUT2D eigenvalue weighted by atomic mass is 19.1. The first-order valence-electron chi connectivity index (χ1n) is 5.62. The summed E-state index contributed by atoms with van der Waals surface area (Å²) in [6.07, 6.45) is 0.960. The normalized spacial score (nSPS) is 13.4. The number of rotatable bonds is 5. The number of nitrogens with zero attached hydrogens (tertiary/aromatic N) is 1. The fourth-order valence-electron chi connectivity index (χ4n) is 1.36. The van der Waals surface area contributed by atoms with Crippen LogP contribution < -0.4 is 4.74 Å². The first-order chi connectivity index (χ1) is 8.08. The lowest BCUT2D eigenvalue weighted by molar-refractivity contribution is 0.213. The van der Waals surface area contributed by atoms with Crippen molar-refractivity contribution in [3.8, 4) is 5.75 Å². The Morgan fingerprint density at radius 1 is 1.47 bits per heavy atom. The van der Waals surface area contributed by atoms with Crippen molar-refractivity contribution in [2.45, 2.75) is 33.3 Å². The first kappa shape index (κ1) is 13.5. The van der Waals surface area contributed by atoms with Gasteiger partial charge in [0, 0.05) is 11.6 Å². The second-order valence-electron chi connectivity index (χ2n) is 3.84. The second-order valence-corrected chi connectivity index (χ2v) is 3.84. The Bertz CT molecular complexity index is 404. The van der Waals surface area contributed by atoms with Gasteiger partial charge in [0.2, 0.25) is 0 Å². The van der Waals surface area contributed by atoms with E-state index < -0.39 is 0 Å². The molecule has 0 aromatic heterocycles. The zero-order valence-corrected chi connectivity index (χ0v) is 10.7. The summed E-state index contributed by atoms with van der Waals surface area (Å²) in [5.74, 6) is 0.176. The van der Waals surface area contributed by atoms with E-state index in [9.17, 15) is 4.39 Å². The molecule has 0 amide bonds. The maximum absolute atomic E-state index is 13.8. The lowest BCUT2D eigenvalue weighted by Crippen LogP contribution is -2.10. The molecule has 1 aromatic carbocycles. The van der Waals surface area contributed by atoms with Crippen LogP contribution in [0.5, 0.6) is 5.75 Å². The third kappa shape index (κ3) is 3.73. The van der Waals surface area contributed by atoms with Crippen LogP contribution in [-0.4, -0.2) is 18.9 Å². The summed E-state index contributed by atoms with van der Waals surface area (Å²) in [5, 5.41) is 3.70. The molecule has 0 bridgehead atoms. The predicted molar refractivity (Wildman–Crippen MR) is 66.0 cm³/mol. The Morgan fingerprint density at radius 2 is 2.18 bits per heavy atom. The molecule has 0 aliphatic carbocycles. The van der Waals surface area contributed by atoms with Gasteiger partial charge in [-0.15, -0.1) is 0 Å². The van der Waals surface area contributed by atoms with E-state index in [1.807, 2.05) is 13.8 Å². The Morgan fingerprint density at radius 3 is 2.71 bits per heavy atom. The quantitative estimate of drug-likeness (QED) is 0.582. The summed E-state index contributed by atoms with van der Waals surface area (Å²) in [6, 6.07) is 4.75. The third-order valence-electron chi connectivity index (χ3n) is 2.47. The maximum atomic E-state index is 13.8. The average Bonchev–Trinajstić information content (AvgIpc) is 2.29. The van der Waals surface area contributed by atoms with Crippen LogP contribution in [0.4, 0.5) is 4.39 Å². The topological polar surface area (TPSA) is 30.8 Å². The average molecular weight is 239 g/mol. The minimum absolute atomic E-state index is 0.0778. The third-order valence-corrected chi connectivity index (χ3v) is 2.47. The molecule has 0 heterocycles. The highest BCUT2D eigenvalue weighted by molar-refractivity contribution is 5.98. The van der Waals surface area contributed by atoms with Crippen molar-refractivity contribution in [1.29, 1.82) is 0 Å². The van der Waals surface area contributed by atoms with Crippen LogP contribution in [0.3, 0.4) is 0 Å². The number of halogens is 1. The molecule has 0 saturated carbocycles. The van der Waals surface area contributed by atoms with Crippen LogP contribution in [0, 0.1) is 5.82 Å². The molecule has 94 valence electrons. The zero-order valence-electron chi connectivity index (χ0n) is 10.7. The minimum atomic E-state index is -0.357. The van der Waals surface area contributed by atoms with E-state index in [1.165, 1.54) is 13.2 Å². The van der Waals surface area contributed by atoms with Crippen molar-refractivity contribution in [3.63, 3.8) is 0 Å². The first-order valence-corrected chi connectivity index (χ1v) is 5.62. The summed E-state index contributed by atoms with van der Waals surface area (Å²) in [5.41, 5.74) is 0.920. The minimum Gasteiger partial charge on any atom is -0.491 e. The monoisotopic (exact) mass is 239 g/mol. The summed E-state index contributed by atoms with van der Waals surface area (Å²) in [4.78, 5) is 4.62. The second kappa shape index (κ2) is 6.23. The standard InChI is InChI=1S/C13H18FNO2/c1-5-9(2)17-11-6-7-12(13(14)8-11)10(3)15-16-4/h6-9H,5H2,1-4H3/b15-10+. The van der Waals surface area contributed by atoms with Crippen LogP contribution in [0.2, 0.25) is 0 Å². The van der Waals surface area contributed by atoms with Gasteiger partial charge >= 0.3 is 0 Å². The zero-order chi connectivity index (χ0) is 12.8. The van der Waals surface area contributed by atoms with Crippen LogP contribution in [0.15, 0.2) is 23.4 Å². The Labute approximate surface area is 101 Å². The Hall–Kier alpha value is -1.58. The molecule has 1 unspecified atom stereocenters. The molecule has 17 heavy (non-hydrogen) atoms. The lowest BCUT2D eigenvalue weighted by Gasteiger charge is -2.13. The maximum Gasteiger partial charge on any atom is 0.136 e. The van der Waals surface area contributed by atoms with Gasteiger partial charge in [-0.1, -0.05) is 12.1 Å². The van der Waals surface area contributed by atoms with Gasteiger partial charge in [0.1, 0.15) is 18.7 Å². The molecule has 0 radical (unpaired) electrons. The predicted octanol–water partition coefficient (Wildman–Crippen LogP) is 3.37. The molecule has 1 rings (SSSR count). The molecular formula is C13H18FNO2. The van der Waals surface area contributed by atoms with Gasteiger partial charge in [-0.2, -0.15) is 0 Å². The number of hydrogen-bond donors (Lipinski definition) is 0. The van der Waals surface area contributed by atoms with Crippen LogP contribution >= 0.6 is 0 Å². The molecule has 0 saturated heterocycles. The van der Waals surface area contributed by atoms with E-state index in [0.717, 1.165) is 6.42 Å². The van der Waals surface area contributed by atoms with Crippen LogP contribution in [-0.2, 0) is 4.84 Å². The molecule has 0 spiro atoms. The molecule has 1 atom stereocenters. The van der Waals surface area contributed by atoms with E-state index in [0.29, 0.717) is 17.0 Å². The van der Waals surface area contributed by atoms with Crippen molar-refractivity contribution >= 4 is 5.71 Å². The molecule has 0 N–H and O–H groups in total. The Kier molecular flexibility index (Phi) is 4.94. The molecule has 0 fully saturated rings. The van der Waals surface area contributed by atoms with Gasteiger partial charge in [0.25, 0.3) is 0 Å². The highest BCUT2D eigenvalue weighted by Crippen LogP contribution is 2.19. The molecule has 4 heteroatoms. The summed E-state index contributed by atoms with van der Waals surface area (Å²) < 4.78 is 19.3. The van der Waals surface area contributed by atoms with Crippen molar-refractivity contribution in [2.75, 3.05) is 7.11 Å². The largest absolute Gasteiger partial charge is 0.491 e. The van der Waals surface area contributed by atoms with Gasteiger partial charge in [-0.25, -0.2) is 4.39 Å². The molecular weight excluding hydrogens is 221 g/mol. The van der Waals surface area contributed by atoms with E-state index in [-0.39, 0.29) is 11.9 Å². The van der Waals surface area contributed by atoms with Gasteiger partial charge < -0.3 is 9.57 Å². The van der Waals surface area contributed by atoms with E-state index >= 15 is 0 Å². The fraction of sp³-hybridized carbons (Fsp3) is 0.462. The molecule has 0 aliphatic rings. The smallest absolute Gasteiger partial charge is 0.136 e. The fourth-order valence-corrected chi connectivity index (χ4v) is 1.36. The van der Waals surface area contributed by atoms with E-state index in [2.05, 4.69) is 9.99 Å². The van der Waals surface area contributed by atoms with E-state index in [4.69, 9.17) is 4.74 Å². The van der Waals surface area contributed by atoms with Crippen molar-refractivity contribution in [1.82, 2.24) is 0 Å². The summed E-state index contributed by atoms with van der Waals surface area (Å²) >= 11 is 0. The summed E-state index contributed by atoms with van der Waals surface area (Å²) in [7, 11) is 1.43. The summed E-state index contributed by atoms with van der Waals surface area (Å²) in [6.45, 7) is 5.66. The SMILES string of the molecule is CCC(C)Oc1ccc(/C(C)=N/OC)c(F)c1. The number of ether oxygens (including phenoxy) is 1. The van der Waals surface area contributed by atoms with Crippen molar-refractivity contribution in [2.24, 2.45) is 5.16 Å². The van der Waals surface area contributed by atoms with Gasteiger partial charge in [-0.05, 0) is 32.4 Å². The highest BCUT2D eigenvalue weighted by Gasteiger charge is 2.09. The van der Waals surface area contributed by atoms with Gasteiger partial charge in [-0.3, -0.25) is 0 Å². The van der Waals surface area contributed by atoms with Crippen LogP contribution in [0.25, 0.3) is 0 Å². The molecule has 3 nitrogen and oxygen atoms in total.